The largest absolute Gasteiger partial charge is 0.388 e. The molecule has 2 atom stereocenters. The van der Waals surface area contributed by atoms with Crippen molar-refractivity contribution in [3.8, 4) is 5.69 Å². The number of benzene rings is 1. The highest BCUT2D eigenvalue weighted by atomic mass is 16.3. The van der Waals surface area contributed by atoms with E-state index in [-0.39, 0.29) is 12.5 Å². The first-order valence-corrected chi connectivity index (χ1v) is 7.68. The minimum Gasteiger partial charge on any atom is -0.388 e. The summed E-state index contributed by atoms with van der Waals surface area (Å²) >= 11 is 0. The topological polar surface area (TPSA) is 91.5 Å². The molecule has 1 amide bonds. The van der Waals surface area contributed by atoms with Gasteiger partial charge in [-0.1, -0.05) is 6.92 Å². The highest BCUT2D eigenvalue weighted by Crippen LogP contribution is 2.26. The number of carbonyl (C=O) groups excluding carboxylic acids is 1. The molecule has 1 aromatic heterocycles. The summed E-state index contributed by atoms with van der Waals surface area (Å²) in [5, 5.41) is 27.9. The summed E-state index contributed by atoms with van der Waals surface area (Å²) in [6.45, 7) is 2.42. The van der Waals surface area contributed by atoms with Crippen LogP contribution >= 0.6 is 0 Å². The van der Waals surface area contributed by atoms with E-state index < -0.39 is 11.7 Å². The summed E-state index contributed by atoms with van der Waals surface area (Å²) in [5.41, 5.74) is 0.330. The van der Waals surface area contributed by atoms with Gasteiger partial charge in [0.1, 0.15) is 18.8 Å². The lowest BCUT2D eigenvalue weighted by Gasteiger charge is -2.41. The predicted molar refractivity (Wildman–Crippen MR) is 83.1 cm³/mol. The van der Waals surface area contributed by atoms with Crippen LogP contribution < -0.4 is 0 Å². The molecule has 1 aliphatic rings. The number of hydrogen-bond acceptors (Lipinski definition) is 5. The minimum atomic E-state index is -1.09. The van der Waals surface area contributed by atoms with Gasteiger partial charge in [-0.3, -0.25) is 9.36 Å². The third kappa shape index (κ3) is 2.97. The smallest absolute Gasteiger partial charge is 0.253 e. The van der Waals surface area contributed by atoms with E-state index >= 15 is 0 Å². The molecule has 2 N–H and O–H groups in total. The SMILES string of the molecule is CCC1(O)CCN(C(=O)c2ccc(-n3cnnc3)cc2)CC1O. The van der Waals surface area contributed by atoms with Gasteiger partial charge in [-0.25, -0.2) is 0 Å². The maximum absolute atomic E-state index is 12.5. The van der Waals surface area contributed by atoms with Crippen molar-refractivity contribution in [2.24, 2.45) is 0 Å². The molecule has 1 aromatic carbocycles. The number of aromatic nitrogens is 3. The molecule has 0 saturated carbocycles. The van der Waals surface area contributed by atoms with Gasteiger partial charge in [0.15, 0.2) is 0 Å². The molecule has 0 bridgehead atoms. The summed E-state index contributed by atoms with van der Waals surface area (Å²) in [6.07, 6.45) is 3.12. The first-order chi connectivity index (χ1) is 11.0. The van der Waals surface area contributed by atoms with Crippen LogP contribution in [-0.4, -0.2) is 60.6 Å². The third-order valence-electron chi connectivity index (χ3n) is 4.56. The van der Waals surface area contributed by atoms with Gasteiger partial charge in [-0.2, -0.15) is 0 Å². The summed E-state index contributed by atoms with van der Waals surface area (Å²) < 4.78 is 1.75. The summed E-state index contributed by atoms with van der Waals surface area (Å²) in [7, 11) is 0. The van der Waals surface area contributed by atoms with Crippen molar-refractivity contribution in [3.63, 3.8) is 0 Å². The predicted octanol–water partition coefficient (Wildman–Crippen LogP) is 0.615. The summed E-state index contributed by atoms with van der Waals surface area (Å²) in [5.74, 6) is -0.141. The molecule has 0 aliphatic carbocycles. The fourth-order valence-corrected chi connectivity index (χ4v) is 2.85. The fraction of sp³-hybridized carbons (Fsp3) is 0.438. The zero-order chi connectivity index (χ0) is 16.4. The second kappa shape index (κ2) is 6.10. The number of β-amino-alcohol motifs (C(OH)–C–C–N with tert-alkyl or cyclic N) is 1. The Balaban J connectivity index is 1.71. The summed E-state index contributed by atoms with van der Waals surface area (Å²) in [4.78, 5) is 14.1. The van der Waals surface area contributed by atoms with Crippen molar-refractivity contribution in [2.45, 2.75) is 31.5 Å². The van der Waals surface area contributed by atoms with Crippen LogP contribution in [0.5, 0.6) is 0 Å². The van der Waals surface area contributed by atoms with E-state index in [1.807, 2.05) is 19.1 Å². The molecule has 1 saturated heterocycles. The monoisotopic (exact) mass is 316 g/mol. The van der Waals surface area contributed by atoms with Crippen molar-refractivity contribution in [1.82, 2.24) is 19.7 Å². The number of carbonyl (C=O) groups is 1. The lowest BCUT2D eigenvalue weighted by Crippen LogP contribution is -2.56. The molecule has 1 fully saturated rings. The lowest BCUT2D eigenvalue weighted by molar-refractivity contribution is -0.114. The number of aliphatic hydroxyl groups is 2. The normalized spacial score (nSPS) is 24.7. The van der Waals surface area contributed by atoms with Crippen LogP contribution in [-0.2, 0) is 0 Å². The van der Waals surface area contributed by atoms with Gasteiger partial charge in [-0.05, 0) is 37.1 Å². The highest BCUT2D eigenvalue weighted by molar-refractivity contribution is 5.94. The van der Waals surface area contributed by atoms with E-state index in [2.05, 4.69) is 10.2 Å². The van der Waals surface area contributed by atoms with E-state index in [0.29, 0.717) is 24.9 Å². The molecular weight excluding hydrogens is 296 g/mol. The average molecular weight is 316 g/mol. The molecule has 7 nitrogen and oxygen atoms in total. The number of nitrogens with zero attached hydrogens (tertiary/aromatic N) is 4. The Morgan fingerprint density at radius 1 is 1.30 bits per heavy atom. The minimum absolute atomic E-state index is 0.141. The number of amides is 1. The zero-order valence-electron chi connectivity index (χ0n) is 13.0. The Bertz CT molecular complexity index is 671. The van der Waals surface area contributed by atoms with E-state index in [1.165, 1.54) is 0 Å². The first kappa shape index (κ1) is 15.6. The third-order valence-corrected chi connectivity index (χ3v) is 4.56. The molecule has 7 heteroatoms. The number of aliphatic hydroxyl groups excluding tert-OH is 1. The molecule has 23 heavy (non-hydrogen) atoms. The van der Waals surface area contributed by atoms with Crippen molar-refractivity contribution < 1.29 is 15.0 Å². The molecule has 0 spiro atoms. The van der Waals surface area contributed by atoms with Gasteiger partial charge >= 0.3 is 0 Å². The van der Waals surface area contributed by atoms with Gasteiger partial charge in [0.2, 0.25) is 0 Å². The van der Waals surface area contributed by atoms with Gasteiger partial charge < -0.3 is 15.1 Å². The van der Waals surface area contributed by atoms with Crippen molar-refractivity contribution in [2.75, 3.05) is 13.1 Å². The average Bonchev–Trinajstić information content (AvgIpc) is 3.11. The van der Waals surface area contributed by atoms with Gasteiger partial charge in [0.05, 0.1) is 5.60 Å². The quantitative estimate of drug-likeness (QED) is 0.866. The Morgan fingerprint density at radius 2 is 1.96 bits per heavy atom. The molecular formula is C16H20N4O3. The van der Waals surface area contributed by atoms with Crippen molar-refractivity contribution in [1.29, 1.82) is 0 Å². The molecule has 2 unspecified atom stereocenters. The number of piperidine rings is 1. The van der Waals surface area contributed by atoms with Gasteiger partial charge in [-0.15, -0.1) is 10.2 Å². The van der Waals surface area contributed by atoms with E-state index in [4.69, 9.17) is 0 Å². The van der Waals surface area contributed by atoms with E-state index in [1.54, 1.807) is 34.3 Å². The van der Waals surface area contributed by atoms with Gasteiger partial charge in [0, 0.05) is 24.3 Å². The molecule has 122 valence electrons. The number of rotatable bonds is 3. The zero-order valence-corrected chi connectivity index (χ0v) is 13.0. The van der Waals surface area contributed by atoms with Crippen molar-refractivity contribution >= 4 is 5.91 Å². The molecule has 3 rings (SSSR count). The second-order valence-corrected chi connectivity index (χ2v) is 5.89. The Morgan fingerprint density at radius 3 is 2.52 bits per heavy atom. The van der Waals surface area contributed by atoms with Gasteiger partial charge in [0.25, 0.3) is 5.91 Å². The highest BCUT2D eigenvalue weighted by Gasteiger charge is 2.40. The van der Waals surface area contributed by atoms with Crippen LogP contribution in [0.15, 0.2) is 36.9 Å². The standard InChI is InChI=1S/C16H20N4O3/c1-2-16(23)7-8-19(9-14(16)21)15(22)12-3-5-13(6-4-12)20-10-17-18-11-20/h3-6,10-11,14,21,23H,2,7-9H2,1H3. The van der Waals surface area contributed by atoms with E-state index in [9.17, 15) is 15.0 Å². The number of likely N-dealkylation sites (tertiary alicyclic amines) is 1. The molecule has 0 radical (unpaired) electrons. The van der Waals surface area contributed by atoms with Crippen LogP contribution in [0.2, 0.25) is 0 Å². The lowest BCUT2D eigenvalue weighted by atomic mass is 9.86. The number of hydrogen-bond donors (Lipinski definition) is 2. The maximum atomic E-state index is 12.5. The van der Waals surface area contributed by atoms with Crippen molar-refractivity contribution in [3.05, 3.63) is 42.5 Å². The molecule has 2 aromatic rings. The molecule has 1 aliphatic heterocycles. The maximum Gasteiger partial charge on any atom is 0.253 e. The van der Waals surface area contributed by atoms with E-state index in [0.717, 1.165) is 5.69 Å². The Kier molecular flexibility index (Phi) is 4.14. The van der Waals surface area contributed by atoms with Crippen LogP contribution in [0.1, 0.15) is 30.1 Å². The fourth-order valence-electron chi connectivity index (χ4n) is 2.85. The van der Waals surface area contributed by atoms with Crippen LogP contribution in [0.25, 0.3) is 5.69 Å². The Hall–Kier alpha value is -2.25. The second-order valence-electron chi connectivity index (χ2n) is 5.89. The first-order valence-electron chi connectivity index (χ1n) is 7.68. The van der Waals surface area contributed by atoms with Crippen LogP contribution in [0.3, 0.4) is 0 Å². The van der Waals surface area contributed by atoms with Crippen LogP contribution in [0, 0.1) is 0 Å². The summed E-state index contributed by atoms with van der Waals surface area (Å²) in [6, 6.07) is 7.12. The molecule has 2 heterocycles. The van der Waals surface area contributed by atoms with Crippen LogP contribution in [0.4, 0.5) is 0 Å². The Labute approximate surface area is 134 Å².